The molecule has 0 saturated carbocycles. The van der Waals surface area contributed by atoms with Gasteiger partial charge in [0.2, 0.25) is 0 Å². The summed E-state index contributed by atoms with van der Waals surface area (Å²) in [4.78, 5) is 1.68. The van der Waals surface area contributed by atoms with Crippen LogP contribution < -0.4 is 4.90 Å². The van der Waals surface area contributed by atoms with Gasteiger partial charge in [0.05, 0.1) is 19.6 Å². The molecule has 82 valence electrons. The van der Waals surface area contributed by atoms with Gasteiger partial charge in [-0.2, -0.15) is 0 Å². The average molecular weight is 197 g/mol. The maximum absolute atomic E-state index is 2.22. The number of hydrogen-bond donors (Lipinski definition) is 1. The molecule has 0 aliphatic carbocycles. The molecule has 0 fully saturated rings. The number of quaternary nitrogens is 1. The Bertz CT molecular complexity index is 202. The number of nitrogens with one attached hydrogen (secondary N) is 1. The van der Waals surface area contributed by atoms with Crippen LogP contribution in [-0.4, -0.2) is 24.2 Å². The highest BCUT2D eigenvalue weighted by Gasteiger charge is 1.92. The van der Waals surface area contributed by atoms with Gasteiger partial charge in [-0.15, -0.1) is 0 Å². The van der Waals surface area contributed by atoms with Gasteiger partial charge >= 0.3 is 0 Å². The first-order valence-corrected chi connectivity index (χ1v) is 5.57. The highest BCUT2D eigenvalue weighted by molar-refractivity contribution is 5.02. The van der Waals surface area contributed by atoms with Crippen LogP contribution in [0.5, 0.6) is 0 Å². The maximum Gasteiger partial charge on any atom is 0.0742 e. The molecule has 0 aliphatic heterocycles. The number of aryl methyl sites for hydroxylation is 2. The van der Waals surface area contributed by atoms with Crippen LogP contribution in [0.1, 0.15) is 26.5 Å². The topological polar surface area (TPSA) is 9.37 Å². The molecule has 2 heteroatoms. The van der Waals surface area contributed by atoms with Gasteiger partial charge < -0.3 is 9.47 Å². The summed E-state index contributed by atoms with van der Waals surface area (Å²) in [5.41, 5.74) is 1.31. The van der Waals surface area contributed by atoms with E-state index in [0.29, 0.717) is 0 Å². The Hall–Kier alpha value is -0.760. The van der Waals surface area contributed by atoms with E-state index in [2.05, 4.69) is 38.3 Å². The van der Waals surface area contributed by atoms with Crippen molar-refractivity contribution in [2.45, 2.75) is 27.7 Å². The Morgan fingerprint density at radius 3 is 1.71 bits per heavy atom. The first-order valence-electron chi connectivity index (χ1n) is 5.57. The molecule has 0 saturated heterocycles. The van der Waals surface area contributed by atoms with Gasteiger partial charge in [0.25, 0.3) is 0 Å². The Labute approximate surface area is 88.5 Å². The Kier molecular flexibility index (Phi) is 7.21. The number of rotatable bonds is 3. The fourth-order valence-corrected chi connectivity index (χ4v) is 1.30. The van der Waals surface area contributed by atoms with Crippen molar-refractivity contribution >= 4 is 0 Å². The number of nitrogens with zero attached hydrogens (tertiary/aromatic N) is 1. The summed E-state index contributed by atoms with van der Waals surface area (Å²) >= 11 is 0. The summed E-state index contributed by atoms with van der Waals surface area (Å²) in [6.45, 7) is 12.6. The van der Waals surface area contributed by atoms with Gasteiger partial charge in [0.1, 0.15) is 0 Å². The van der Waals surface area contributed by atoms with Crippen molar-refractivity contribution in [1.82, 2.24) is 4.57 Å². The predicted octanol–water partition coefficient (Wildman–Crippen LogP) is 1.26. The largest absolute Gasteiger partial charge is 0.355 e. The lowest BCUT2D eigenvalue weighted by Gasteiger charge is -2.10. The summed E-state index contributed by atoms with van der Waals surface area (Å²) in [7, 11) is 2.04. The van der Waals surface area contributed by atoms with E-state index in [0.717, 1.165) is 0 Å². The van der Waals surface area contributed by atoms with Crippen LogP contribution in [0.25, 0.3) is 0 Å². The Morgan fingerprint density at radius 1 is 1.14 bits per heavy atom. The van der Waals surface area contributed by atoms with Gasteiger partial charge in [0.15, 0.2) is 0 Å². The van der Waals surface area contributed by atoms with Crippen molar-refractivity contribution in [3.8, 4) is 0 Å². The van der Waals surface area contributed by atoms with Crippen LogP contribution in [0.15, 0.2) is 18.3 Å². The van der Waals surface area contributed by atoms with Crippen LogP contribution >= 0.6 is 0 Å². The van der Waals surface area contributed by atoms with E-state index >= 15 is 0 Å². The van der Waals surface area contributed by atoms with Gasteiger partial charge in [0, 0.05) is 18.9 Å². The summed E-state index contributed by atoms with van der Waals surface area (Å²) in [6, 6.07) is 4.12. The molecule has 14 heavy (non-hydrogen) atoms. The van der Waals surface area contributed by atoms with Gasteiger partial charge in [-0.05, 0) is 39.8 Å². The zero-order chi connectivity index (χ0) is 11.0. The summed E-state index contributed by atoms with van der Waals surface area (Å²) in [5.74, 6) is 0. The SMILES string of the molecule is CC[NH+](CC)CC.Cc1cccn1C. The quantitative estimate of drug-likeness (QED) is 0.747. The summed E-state index contributed by atoms with van der Waals surface area (Å²) in [6.07, 6.45) is 2.04. The lowest BCUT2D eigenvalue weighted by Crippen LogP contribution is -3.11. The lowest BCUT2D eigenvalue weighted by atomic mass is 10.5. The van der Waals surface area contributed by atoms with E-state index in [-0.39, 0.29) is 0 Å². The molecule has 1 aromatic heterocycles. The van der Waals surface area contributed by atoms with Crippen molar-refractivity contribution in [2.75, 3.05) is 19.6 Å². The molecule has 0 unspecified atom stereocenters. The molecular formula is C12H25N2+. The van der Waals surface area contributed by atoms with E-state index < -0.39 is 0 Å². The van der Waals surface area contributed by atoms with Crippen LogP contribution in [-0.2, 0) is 7.05 Å². The molecule has 0 aromatic carbocycles. The normalized spacial score (nSPS) is 9.86. The summed E-state index contributed by atoms with van der Waals surface area (Å²) < 4.78 is 2.08. The van der Waals surface area contributed by atoms with E-state index in [1.54, 1.807) is 4.90 Å². The second kappa shape index (κ2) is 7.63. The molecule has 0 radical (unpaired) electrons. The van der Waals surface area contributed by atoms with Crippen LogP contribution in [0.4, 0.5) is 0 Å². The van der Waals surface area contributed by atoms with Crippen LogP contribution in [0, 0.1) is 6.92 Å². The minimum absolute atomic E-state index is 1.27. The van der Waals surface area contributed by atoms with Crippen LogP contribution in [0.3, 0.4) is 0 Å². The van der Waals surface area contributed by atoms with E-state index in [4.69, 9.17) is 0 Å². The molecule has 1 aromatic rings. The standard InChI is InChI=1S/C6H9N.C6H15N/c1-6-4-3-5-7(6)2;1-4-7(5-2)6-3/h3-5H,1-2H3;4-6H2,1-3H3/p+1. The maximum atomic E-state index is 2.22. The third-order valence-corrected chi connectivity index (χ3v) is 2.70. The van der Waals surface area contributed by atoms with Gasteiger partial charge in [-0.3, -0.25) is 0 Å². The highest BCUT2D eigenvalue weighted by Crippen LogP contribution is 1.93. The highest BCUT2D eigenvalue weighted by atomic mass is 15.1. The molecule has 0 aliphatic rings. The Morgan fingerprint density at radius 2 is 1.64 bits per heavy atom. The van der Waals surface area contributed by atoms with E-state index in [1.807, 2.05) is 19.3 Å². The molecule has 0 spiro atoms. The molecule has 1 N–H and O–H groups in total. The van der Waals surface area contributed by atoms with E-state index in [9.17, 15) is 0 Å². The number of aromatic nitrogens is 1. The van der Waals surface area contributed by atoms with Crippen molar-refractivity contribution in [2.24, 2.45) is 7.05 Å². The fourth-order valence-electron chi connectivity index (χ4n) is 1.30. The van der Waals surface area contributed by atoms with Crippen molar-refractivity contribution < 1.29 is 4.90 Å². The third-order valence-electron chi connectivity index (χ3n) is 2.70. The average Bonchev–Trinajstić information content (AvgIpc) is 2.55. The molecule has 2 nitrogen and oxygen atoms in total. The second-order valence-corrected chi connectivity index (χ2v) is 3.57. The second-order valence-electron chi connectivity index (χ2n) is 3.57. The number of hydrogen-bond acceptors (Lipinski definition) is 0. The third kappa shape index (κ3) is 5.07. The first-order chi connectivity index (χ1) is 6.65. The smallest absolute Gasteiger partial charge is 0.0742 e. The fraction of sp³-hybridized carbons (Fsp3) is 0.667. The first kappa shape index (κ1) is 13.2. The summed E-state index contributed by atoms with van der Waals surface area (Å²) in [5, 5.41) is 0. The van der Waals surface area contributed by atoms with Crippen molar-refractivity contribution in [1.29, 1.82) is 0 Å². The predicted molar refractivity (Wildman–Crippen MR) is 62.7 cm³/mol. The zero-order valence-electron chi connectivity index (χ0n) is 10.3. The lowest BCUT2D eigenvalue weighted by molar-refractivity contribution is -0.894. The van der Waals surface area contributed by atoms with Crippen LogP contribution in [0.2, 0.25) is 0 Å². The van der Waals surface area contributed by atoms with E-state index in [1.165, 1.54) is 25.3 Å². The molecule has 0 amide bonds. The zero-order valence-corrected chi connectivity index (χ0v) is 10.3. The molecular weight excluding hydrogens is 172 g/mol. The molecule has 0 bridgehead atoms. The monoisotopic (exact) mass is 197 g/mol. The Balaban J connectivity index is 0.000000241. The van der Waals surface area contributed by atoms with Crippen molar-refractivity contribution in [3.05, 3.63) is 24.0 Å². The minimum atomic E-state index is 1.27. The van der Waals surface area contributed by atoms with Gasteiger partial charge in [-0.1, -0.05) is 0 Å². The minimum Gasteiger partial charge on any atom is -0.355 e. The van der Waals surface area contributed by atoms with Gasteiger partial charge in [-0.25, -0.2) is 0 Å². The molecule has 1 rings (SSSR count). The van der Waals surface area contributed by atoms with Crippen molar-refractivity contribution in [3.63, 3.8) is 0 Å². The molecule has 1 heterocycles. The molecule has 0 atom stereocenters.